The van der Waals surface area contributed by atoms with Crippen LogP contribution in [0.25, 0.3) is 0 Å². The molecule has 14 heavy (non-hydrogen) atoms. The molecule has 0 saturated heterocycles. The summed E-state index contributed by atoms with van der Waals surface area (Å²) in [5.41, 5.74) is -0.490. The van der Waals surface area contributed by atoms with Gasteiger partial charge in [0.25, 0.3) is 0 Å². The number of aliphatic carboxylic acids is 1. The molecule has 0 aromatic carbocycles. The molecule has 3 nitrogen and oxygen atoms in total. The molecular formula is C9H10BrNO2S. The molecular weight excluding hydrogens is 266 g/mol. The minimum Gasteiger partial charge on any atom is -0.481 e. The van der Waals surface area contributed by atoms with Crippen molar-refractivity contribution in [1.82, 2.24) is 0 Å². The first-order valence-electron chi connectivity index (χ1n) is 4.34. The third-order valence-electron chi connectivity index (χ3n) is 2.48. The van der Waals surface area contributed by atoms with Gasteiger partial charge < -0.3 is 10.4 Å². The van der Waals surface area contributed by atoms with E-state index in [1.165, 1.54) is 0 Å². The fourth-order valence-electron chi connectivity index (χ4n) is 1.28. The maximum Gasteiger partial charge on any atom is 0.311 e. The second kappa shape index (κ2) is 3.55. The van der Waals surface area contributed by atoms with Crippen molar-refractivity contribution >= 4 is 38.2 Å². The second-order valence-electron chi connectivity index (χ2n) is 3.57. The zero-order valence-corrected chi connectivity index (χ0v) is 9.82. The van der Waals surface area contributed by atoms with Gasteiger partial charge in [0.15, 0.2) is 0 Å². The van der Waals surface area contributed by atoms with E-state index in [2.05, 4.69) is 21.2 Å². The smallest absolute Gasteiger partial charge is 0.311 e. The van der Waals surface area contributed by atoms with Crippen molar-refractivity contribution in [2.75, 3.05) is 11.9 Å². The van der Waals surface area contributed by atoms with Crippen LogP contribution in [0.1, 0.15) is 12.8 Å². The SMILES string of the molecule is O=C(O)C1(CNc2cc(Br)cs2)CC1. The standard InChI is InChI=1S/C9H10BrNO2S/c10-6-3-7(14-4-6)11-5-9(1-2-9)8(12)13/h3-4,11H,1-2,5H2,(H,12,13). The molecule has 1 aromatic heterocycles. The van der Waals surface area contributed by atoms with Gasteiger partial charge in [0, 0.05) is 16.4 Å². The summed E-state index contributed by atoms with van der Waals surface area (Å²) < 4.78 is 1.03. The Bertz CT molecular complexity index is 359. The van der Waals surface area contributed by atoms with Gasteiger partial charge in [-0.1, -0.05) is 0 Å². The van der Waals surface area contributed by atoms with Crippen LogP contribution in [-0.4, -0.2) is 17.6 Å². The Balaban J connectivity index is 1.92. The van der Waals surface area contributed by atoms with Crippen LogP contribution in [0.2, 0.25) is 0 Å². The van der Waals surface area contributed by atoms with Crippen molar-refractivity contribution in [3.05, 3.63) is 15.9 Å². The minimum atomic E-state index is -0.680. The maximum atomic E-state index is 10.9. The highest BCUT2D eigenvalue weighted by Gasteiger charge is 2.50. The van der Waals surface area contributed by atoms with Crippen LogP contribution in [0.5, 0.6) is 0 Å². The number of hydrogen-bond donors (Lipinski definition) is 2. The first-order chi connectivity index (χ1) is 6.62. The predicted octanol–water partition coefficient (Wildman–Crippen LogP) is 2.79. The molecule has 0 amide bonds. The van der Waals surface area contributed by atoms with Crippen LogP contribution < -0.4 is 5.32 Å². The van der Waals surface area contributed by atoms with E-state index in [0.717, 1.165) is 22.3 Å². The lowest BCUT2D eigenvalue weighted by atomic mass is 10.1. The van der Waals surface area contributed by atoms with E-state index in [0.29, 0.717) is 6.54 Å². The van der Waals surface area contributed by atoms with Crippen LogP contribution in [0.15, 0.2) is 15.9 Å². The van der Waals surface area contributed by atoms with Crippen LogP contribution in [0.3, 0.4) is 0 Å². The zero-order valence-electron chi connectivity index (χ0n) is 7.42. The molecule has 0 aliphatic heterocycles. The Kier molecular flexibility index (Phi) is 2.53. The van der Waals surface area contributed by atoms with Crippen molar-refractivity contribution in [3.8, 4) is 0 Å². The summed E-state index contributed by atoms with van der Waals surface area (Å²) >= 11 is 4.93. The lowest BCUT2D eigenvalue weighted by Gasteiger charge is -2.10. The first-order valence-corrected chi connectivity index (χ1v) is 6.01. The highest BCUT2D eigenvalue weighted by molar-refractivity contribution is 9.10. The van der Waals surface area contributed by atoms with Gasteiger partial charge in [-0.2, -0.15) is 0 Å². The number of thiophene rings is 1. The highest BCUT2D eigenvalue weighted by Crippen LogP contribution is 2.46. The number of rotatable bonds is 4. The van der Waals surface area contributed by atoms with Gasteiger partial charge in [-0.3, -0.25) is 4.79 Å². The van der Waals surface area contributed by atoms with Crippen molar-refractivity contribution in [2.45, 2.75) is 12.8 Å². The Labute approximate surface area is 94.3 Å². The van der Waals surface area contributed by atoms with Crippen LogP contribution in [0, 0.1) is 5.41 Å². The number of anilines is 1. The molecule has 76 valence electrons. The lowest BCUT2D eigenvalue weighted by Crippen LogP contribution is -2.23. The summed E-state index contributed by atoms with van der Waals surface area (Å²) in [5, 5.41) is 15.1. The van der Waals surface area contributed by atoms with Crippen molar-refractivity contribution in [2.24, 2.45) is 5.41 Å². The molecule has 2 N–H and O–H groups in total. The van der Waals surface area contributed by atoms with Crippen LogP contribution >= 0.6 is 27.3 Å². The van der Waals surface area contributed by atoms with E-state index in [4.69, 9.17) is 5.11 Å². The van der Waals surface area contributed by atoms with Crippen molar-refractivity contribution in [3.63, 3.8) is 0 Å². The van der Waals surface area contributed by atoms with E-state index in [1.54, 1.807) is 11.3 Å². The molecule has 0 spiro atoms. The Morgan fingerprint density at radius 1 is 1.71 bits per heavy atom. The average molecular weight is 276 g/mol. The molecule has 1 aromatic rings. The largest absolute Gasteiger partial charge is 0.481 e. The fraction of sp³-hybridized carbons (Fsp3) is 0.444. The van der Waals surface area contributed by atoms with E-state index in [1.807, 2.05) is 11.4 Å². The van der Waals surface area contributed by atoms with Crippen LogP contribution in [0.4, 0.5) is 5.00 Å². The Morgan fingerprint density at radius 3 is 2.86 bits per heavy atom. The normalized spacial score (nSPS) is 17.8. The molecule has 1 aliphatic carbocycles. The summed E-state index contributed by atoms with van der Waals surface area (Å²) in [6.45, 7) is 0.537. The summed E-state index contributed by atoms with van der Waals surface area (Å²) in [5.74, 6) is -0.680. The van der Waals surface area contributed by atoms with E-state index < -0.39 is 11.4 Å². The van der Waals surface area contributed by atoms with Gasteiger partial charge in [-0.25, -0.2) is 0 Å². The van der Waals surface area contributed by atoms with Gasteiger partial charge >= 0.3 is 5.97 Å². The fourth-order valence-corrected chi connectivity index (χ4v) is 2.60. The van der Waals surface area contributed by atoms with Gasteiger partial charge in [-0.05, 0) is 34.8 Å². The number of carboxylic acids is 1. The number of hydrogen-bond acceptors (Lipinski definition) is 3. The average Bonchev–Trinajstić information content (AvgIpc) is 2.82. The molecule has 0 unspecified atom stereocenters. The number of halogens is 1. The third-order valence-corrected chi connectivity index (χ3v) is 4.12. The van der Waals surface area contributed by atoms with E-state index in [9.17, 15) is 4.79 Å². The number of carbonyl (C=O) groups is 1. The summed E-state index contributed by atoms with van der Waals surface area (Å²) in [4.78, 5) is 10.9. The second-order valence-corrected chi connectivity index (χ2v) is 5.40. The van der Waals surface area contributed by atoms with Crippen molar-refractivity contribution < 1.29 is 9.90 Å². The van der Waals surface area contributed by atoms with Gasteiger partial charge in [0.05, 0.1) is 10.4 Å². The minimum absolute atomic E-state index is 0.490. The highest BCUT2D eigenvalue weighted by atomic mass is 79.9. The topological polar surface area (TPSA) is 49.3 Å². The Hall–Kier alpha value is -0.550. The molecule has 1 fully saturated rings. The summed E-state index contributed by atoms with van der Waals surface area (Å²) in [7, 11) is 0. The zero-order chi connectivity index (χ0) is 10.2. The molecule has 1 saturated carbocycles. The predicted molar refractivity (Wildman–Crippen MR) is 59.8 cm³/mol. The van der Waals surface area contributed by atoms with Crippen molar-refractivity contribution in [1.29, 1.82) is 0 Å². The van der Waals surface area contributed by atoms with E-state index in [-0.39, 0.29) is 0 Å². The monoisotopic (exact) mass is 275 g/mol. The lowest BCUT2D eigenvalue weighted by molar-refractivity contribution is -0.142. The molecule has 2 rings (SSSR count). The van der Waals surface area contributed by atoms with E-state index >= 15 is 0 Å². The van der Waals surface area contributed by atoms with Crippen LogP contribution in [-0.2, 0) is 4.79 Å². The molecule has 5 heteroatoms. The molecule has 0 bridgehead atoms. The van der Waals surface area contributed by atoms with Gasteiger partial charge in [-0.15, -0.1) is 11.3 Å². The summed E-state index contributed by atoms with van der Waals surface area (Å²) in [6.07, 6.45) is 1.59. The third kappa shape index (κ3) is 1.93. The Morgan fingerprint density at radius 2 is 2.43 bits per heavy atom. The molecule has 0 radical (unpaired) electrons. The number of nitrogens with one attached hydrogen (secondary N) is 1. The molecule has 1 heterocycles. The first kappa shape index (κ1) is 9.98. The quantitative estimate of drug-likeness (QED) is 0.889. The van der Waals surface area contributed by atoms with Gasteiger partial charge in [0.1, 0.15) is 0 Å². The number of carboxylic acid groups (broad SMARTS) is 1. The maximum absolute atomic E-state index is 10.9. The molecule has 1 aliphatic rings. The summed E-state index contributed by atoms with van der Waals surface area (Å²) in [6, 6.07) is 1.96. The molecule has 0 atom stereocenters. The van der Waals surface area contributed by atoms with Gasteiger partial charge in [0.2, 0.25) is 0 Å².